The second-order valence-corrected chi connectivity index (χ2v) is 12.7. The van der Waals surface area contributed by atoms with E-state index >= 15 is 0 Å². The molecule has 0 aromatic carbocycles. The summed E-state index contributed by atoms with van der Waals surface area (Å²) in [6.45, 7) is 14.5. The van der Waals surface area contributed by atoms with E-state index in [-0.39, 0.29) is 6.42 Å². The third-order valence-corrected chi connectivity index (χ3v) is 10.8. The molecule has 0 spiro atoms. The summed E-state index contributed by atoms with van der Waals surface area (Å²) in [5.74, 6) is 0. The molecular formula is C38H36N8. The minimum absolute atomic E-state index is 0.0618. The number of nitrogens with zero attached hydrogens (tertiary/aromatic N) is 6. The highest BCUT2D eigenvalue weighted by Gasteiger charge is 2.70. The molecule has 3 aromatic heterocycles. The first-order valence-electron chi connectivity index (χ1n) is 15.8. The van der Waals surface area contributed by atoms with Crippen molar-refractivity contribution in [3.63, 3.8) is 0 Å². The molecule has 0 radical (unpaired) electrons. The van der Waals surface area contributed by atoms with E-state index in [0.29, 0.717) is 17.0 Å². The number of aromatic amines is 2. The van der Waals surface area contributed by atoms with E-state index in [1.54, 1.807) is 6.92 Å². The van der Waals surface area contributed by atoms with E-state index in [2.05, 4.69) is 87.9 Å². The Morgan fingerprint density at radius 2 is 1.28 bits per heavy atom. The van der Waals surface area contributed by atoms with Crippen LogP contribution >= 0.6 is 0 Å². The van der Waals surface area contributed by atoms with Crippen LogP contribution in [-0.4, -0.2) is 19.9 Å². The lowest BCUT2D eigenvalue weighted by atomic mass is 9.46. The van der Waals surface area contributed by atoms with Gasteiger partial charge in [-0.05, 0) is 110 Å². The summed E-state index contributed by atoms with van der Waals surface area (Å²) in [5.41, 5.74) is 8.65. The molecule has 1 aliphatic carbocycles. The van der Waals surface area contributed by atoms with E-state index in [1.807, 2.05) is 18.2 Å². The fourth-order valence-electron chi connectivity index (χ4n) is 7.93. The normalized spacial score (nSPS) is 19.3. The number of allylic oxidation sites excluding steroid dienone is 4. The van der Waals surface area contributed by atoms with Crippen molar-refractivity contribution in [3.8, 4) is 24.3 Å². The van der Waals surface area contributed by atoms with Crippen molar-refractivity contribution in [1.29, 1.82) is 21.0 Å². The average molecular weight is 605 g/mol. The van der Waals surface area contributed by atoms with Crippen LogP contribution in [0, 0.1) is 70.0 Å². The summed E-state index contributed by atoms with van der Waals surface area (Å²) in [7, 11) is 0. The van der Waals surface area contributed by atoms with Crippen LogP contribution in [0.3, 0.4) is 0 Å². The van der Waals surface area contributed by atoms with Crippen LogP contribution in [0.1, 0.15) is 92.5 Å². The average Bonchev–Trinajstić information content (AvgIpc) is 3.71. The lowest BCUT2D eigenvalue weighted by molar-refractivity contribution is 0.199. The predicted molar refractivity (Wildman–Crippen MR) is 179 cm³/mol. The van der Waals surface area contributed by atoms with Crippen LogP contribution < -0.4 is 0 Å². The number of nitrogens with one attached hydrogen (secondary N) is 2. The van der Waals surface area contributed by atoms with Crippen molar-refractivity contribution in [2.45, 2.75) is 79.6 Å². The fraction of sp³-hybridized carbons (Fsp3) is 0.368. The molecule has 8 heteroatoms. The largest absolute Gasteiger partial charge is 0.355 e. The molecule has 0 fully saturated rings. The zero-order valence-electron chi connectivity index (χ0n) is 27.4. The van der Waals surface area contributed by atoms with E-state index in [4.69, 9.17) is 9.97 Å². The number of nitriles is 4. The van der Waals surface area contributed by atoms with E-state index in [0.717, 1.165) is 75.0 Å². The molecule has 0 saturated heterocycles. The molecular weight excluding hydrogens is 568 g/mol. The van der Waals surface area contributed by atoms with Crippen molar-refractivity contribution in [1.82, 2.24) is 19.9 Å². The molecule has 46 heavy (non-hydrogen) atoms. The Kier molecular flexibility index (Phi) is 7.03. The first-order valence-corrected chi connectivity index (χ1v) is 15.8. The lowest BCUT2D eigenvalue weighted by Gasteiger charge is -2.46. The molecule has 6 rings (SSSR count). The molecule has 3 aliphatic rings. The number of rotatable bonds is 3. The van der Waals surface area contributed by atoms with E-state index in [9.17, 15) is 21.0 Å². The molecule has 0 amide bonds. The van der Waals surface area contributed by atoms with Crippen molar-refractivity contribution < 1.29 is 0 Å². The molecule has 1 unspecified atom stereocenters. The fourth-order valence-corrected chi connectivity index (χ4v) is 7.93. The summed E-state index contributed by atoms with van der Waals surface area (Å²) < 4.78 is 0. The smallest absolute Gasteiger partial charge is 0.190 e. The predicted octanol–water partition coefficient (Wildman–Crippen LogP) is 8.21. The topological polar surface area (TPSA) is 153 Å². The number of aryl methyl sites for hydroxylation is 4. The van der Waals surface area contributed by atoms with Crippen molar-refractivity contribution in [2.75, 3.05) is 0 Å². The number of aromatic nitrogens is 4. The molecule has 5 heterocycles. The van der Waals surface area contributed by atoms with Gasteiger partial charge in [-0.15, -0.1) is 0 Å². The Morgan fingerprint density at radius 3 is 1.83 bits per heavy atom. The lowest BCUT2D eigenvalue weighted by Crippen LogP contribution is -2.54. The highest BCUT2D eigenvalue weighted by molar-refractivity contribution is 5.93. The van der Waals surface area contributed by atoms with Crippen LogP contribution in [0.2, 0.25) is 0 Å². The maximum absolute atomic E-state index is 10.8. The van der Waals surface area contributed by atoms with Crippen molar-refractivity contribution in [3.05, 3.63) is 75.4 Å². The van der Waals surface area contributed by atoms with Gasteiger partial charge in [-0.1, -0.05) is 26.8 Å². The SMILES string of the molecule is CCC1=C(C)c2cc3nc(cc4[nH]c(cc5[nH]c(cc1n2)c(C)c5CC)c(C)c4CC)C1(C)C3=CCC(C#N)(C#N)C1(C#N)C#N. The van der Waals surface area contributed by atoms with Gasteiger partial charge in [-0.2, -0.15) is 21.0 Å². The van der Waals surface area contributed by atoms with Crippen LogP contribution in [0.4, 0.5) is 0 Å². The maximum atomic E-state index is 10.8. The number of fused-ring (bicyclic) bond motifs is 11. The number of hydrogen-bond acceptors (Lipinski definition) is 6. The highest BCUT2D eigenvalue weighted by atomic mass is 14.9. The minimum Gasteiger partial charge on any atom is -0.355 e. The molecule has 2 aliphatic heterocycles. The monoisotopic (exact) mass is 604 g/mol. The molecule has 8 bridgehead atoms. The van der Waals surface area contributed by atoms with Gasteiger partial charge in [-0.25, -0.2) is 4.98 Å². The van der Waals surface area contributed by atoms with E-state index < -0.39 is 16.2 Å². The highest BCUT2D eigenvalue weighted by Crippen LogP contribution is 2.64. The van der Waals surface area contributed by atoms with Crippen molar-refractivity contribution in [2.24, 2.45) is 10.8 Å². The maximum Gasteiger partial charge on any atom is 0.190 e. The van der Waals surface area contributed by atoms with Gasteiger partial charge in [0.1, 0.15) is 0 Å². The summed E-state index contributed by atoms with van der Waals surface area (Å²) in [4.78, 5) is 17.5. The molecule has 1 atom stereocenters. The minimum atomic E-state index is -2.03. The second kappa shape index (κ2) is 10.6. The Labute approximate surface area is 269 Å². The number of hydrogen-bond donors (Lipinski definition) is 2. The van der Waals surface area contributed by atoms with Crippen LogP contribution in [-0.2, 0) is 18.3 Å². The quantitative estimate of drug-likeness (QED) is 0.307. The third kappa shape index (κ3) is 3.74. The van der Waals surface area contributed by atoms with Gasteiger partial charge in [0.15, 0.2) is 10.8 Å². The molecule has 8 nitrogen and oxygen atoms in total. The summed E-state index contributed by atoms with van der Waals surface area (Å²) in [6, 6.07) is 16.7. The van der Waals surface area contributed by atoms with Crippen LogP contribution in [0.15, 0.2) is 30.3 Å². The van der Waals surface area contributed by atoms with Gasteiger partial charge < -0.3 is 9.97 Å². The summed E-state index contributed by atoms with van der Waals surface area (Å²) in [6.07, 6.45) is 4.15. The Balaban J connectivity index is 1.86. The van der Waals surface area contributed by atoms with Crippen LogP contribution in [0.25, 0.3) is 38.8 Å². The van der Waals surface area contributed by atoms with Crippen LogP contribution in [0.5, 0.6) is 0 Å². The van der Waals surface area contributed by atoms with Gasteiger partial charge in [0.05, 0.1) is 52.5 Å². The van der Waals surface area contributed by atoms with Gasteiger partial charge in [0, 0.05) is 28.5 Å². The first kappa shape index (κ1) is 30.6. The molecule has 228 valence electrons. The molecule has 3 aromatic rings. The van der Waals surface area contributed by atoms with Gasteiger partial charge in [0.25, 0.3) is 0 Å². The standard InChI is InChI=1S/C38H36N8/c1-8-24-21(4)28-13-32-25(9-2)22(5)30(44-32)15-34-27-11-12-37(17-39,18-40)38(19-41,20-42)36(27,7)35(46-34)16-33-26(10-3)23(6)29(45-33)14-31(24)43-28/h11,13-16,43,45H,8-10,12H2,1-7H3. The Bertz CT molecular complexity index is 2220. The zero-order valence-corrected chi connectivity index (χ0v) is 27.4. The zero-order chi connectivity index (χ0) is 33.2. The Hall–Kier alpha value is -5.44. The first-order chi connectivity index (χ1) is 22.0. The van der Waals surface area contributed by atoms with Gasteiger partial charge >= 0.3 is 0 Å². The molecule has 2 N–H and O–H groups in total. The Morgan fingerprint density at radius 1 is 0.696 bits per heavy atom. The second-order valence-electron chi connectivity index (χ2n) is 12.7. The summed E-state index contributed by atoms with van der Waals surface area (Å²) in [5, 5.41) is 42.3. The third-order valence-electron chi connectivity index (χ3n) is 10.8. The molecule has 0 saturated carbocycles. The summed E-state index contributed by atoms with van der Waals surface area (Å²) >= 11 is 0. The van der Waals surface area contributed by atoms with Gasteiger partial charge in [-0.3, -0.25) is 4.98 Å². The van der Waals surface area contributed by atoms with Gasteiger partial charge in [0.2, 0.25) is 0 Å². The van der Waals surface area contributed by atoms with Crippen molar-refractivity contribution >= 4 is 38.8 Å². The number of H-pyrrole nitrogens is 2. The van der Waals surface area contributed by atoms with E-state index in [1.165, 1.54) is 11.1 Å².